The van der Waals surface area contributed by atoms with Crippen molar-refractivity contribution in [2.24, 2.45) is 5.92 Å². The molecule has 2 nitrogen and oxygen atoms in total. The first kappa shape index (κ1) is 8.52. The Morgan fingerprint density at radius 1 is 1.50 bits per heavy atom. The van der Waals surface area contributed by atoms with Gasteiger partial charge in [0, 0.05) is 25.2 Å². The maximum absolute atomic E-state index is 3.59. The number of hydrogen-bond acceptors (Lipinski definition) is 2. The molecule has 0 bridgehead atoms. The Bertz CT molecular complexity index is 146. The highest BCUT2D eigenvalue weighted by atomic mass is 15.2. The molecule has 12 heavy (non-hydrogen) atoms. The molecule has 0 aliphatic carbocycles. The van der Waals surface area contributed by atoms with Crippen LogP contribution in [0.4, 0.5) is 0 Å². The van der Waals surface area contributed by atoms with E-state index in [4.69, 9.17) is 0 Å². The van der Waals surface area contributed by atoms with Gasteiger partial charge in [-0.3, -0.25) is 4.90 Å². The number of likely N-dealkylation sites (tertiary alicyclic amines) is 1. The first-order valence-electron chi connectivity index (χ1n) is 5.28. The molecule has 0 radical (unpaired) electrons. The summed E-state index contributed by atoms with van der Waals surface area (Å²) in [4.78, 5) is 2.64. The van der Waals surface area contributed by atoms with Gasteiger partial charge in [-0.05, 0) is 32.2 Å². The number of nitrogens with zero attached hydrogens (tertiary/aromatic N) is 1. The van der Waals surface area contributed by atoms with E-state index in [0.717, 1.165) is 18.0 Å². The van der Waals surface area contributed by atoms with Gasteiger partial charge in [0.05, 0.1) is 0 Å². The molecule has 70 valence electrons. The Morgan fingerprint density at radius 2 is 2.33 bits per heavy atom. The molecule has 0 saturated carbocycles. The van der Waals surface area contributed by atoms with E-state index < -0.39 is 0 Å². The van der Waals surface area contributed by atoms with Crippen LogP contribution in [-0.2, 0) is 0 Å². The largest absolute Gasteiger partial charge is 0.312 e. The van der Waals surface area contributed by atoms with E-state index in [2.05, 4.69) is 24.1 Å². The highest BCUT2D eigenvalue weighted by Gasteiger charge is 2.36. The molecular formula is C10H20N2. The summed E-state index contributed by atoms with van der Waals surface area (Å²) in [6.45, 7) is 8.52. The lowest BCUT2D eigenvalue weighted by Crippen LogP contribution is -2.34. The molecule has 2 fully saturated rings. The van der Waals surface area contributed by atoms with Crippen molar-refractivity contribution in [3.8, 4) is 0 Å². The molecule has 2 saturated heterocycles. The minimum Gasteiger partial charge on any atom is -0.312 e. The molecule has 2 heterocycles. The third-order valence-electron chi connectivity index (χ3n) is 3.61. The van der Waals surface area contributed by atoms with Crippen LogP contribution in [0, 0.1) is 5.92 Å². The Morgan fingerprint density at radius 3 is 3.00 bits per heavy atom. The molecule has 0 amide bonds. The van der Waals surface area contributed by atoms with Crippen molar-refractivity contribution >= 4 is 0 Å². The normalized spacial score (nSPS) is 38.5. The van der Waals surface area contributed by atoms with Crippen LogP contribution in [0.5, 0.6) is 0 Å². The van der Waals surface area contributed by atoms with Crippen LogP contribution in [0.3, 0.4) is 0 Å². The van der Waals surface area contributed by atoms with Crippen LogP contribution >= 0.6 is 0 Å². The Hall–Kier alpha value is -0.0800. The molecule has 0 unspecified atom stereocenters. The van der Waals surface area contributed by atoms with Gasteiger partial charge in [-0.15, -0.1) is 0 Å². The summed E-state index contributed by atoms with van der Waals surface area (Å²) in [5.74, 6) is 0.957. The van der Waals surface area contributed by atoms with E-state index in [1.165, 1.54) is 32.5 Å². The standard InChI is InChI=1S/C10H20N2/c1-3-8(2)12-6-9-4-5-11-10(9)7-12/h8-11H,3-7H2,1-2H3/t8-,9+,10-/m0/s1. The topological polar surface area (TPSA) is 15.3 Å². The maximum atomic E-state index is 3.59. The van der Waals surface area contributed by atoms with Crippen LogP contribution in [0.25, 0.3) is 0 Å². The van der Waals surface area contributed by atoms with Gasteiger partial charge in [-0.1, -0.05) is 6.92 Å². The SMILES string of the molecule is CC[C@H](C)N1C[C@H]2CCN[C@H]2C1. The van der Waals surface area contributed by atoms with Crippen LogP contribution in [0.15, 0.2) is 0 Å². The van der Waals surface area contributed by atoms with E-state index in [9.17, 15) is 0 Å². The third-order valence-corrected chi connectivity index (χ3v) is 3.61. The summed E-state index contributed by atoms with van der Waals surface area (Å²) in [5, 5.41) is 3.59. The second-order valence-corrected chi connectivity index (χ2v) is 4.32. The monoisotopic (exact) mass is 168 g/mol. The second-order valence-electron chi connectivity index (χ2n) is 4.32. The zero-order valence-electron chi connectivity index (χ0n) is 8.21. The minimum absolute atomic E-state index is 0.789. The molecular weight excluding hydrogens is 148 g/mol. The second kappa shape index (κ2) is 3.35. The van der Waals surface area contributed by atoms with Gasteiger partial charge in [0.15, 0.2) is 0 Å². The highest BCUT2D eigenvalue weighted by Crippen LogP contribution is 2.26. The lowest BCUT2D eigenvalue weighted by Gasteiger charge is -2.23. The smallest absolute Gasteiger partial charge is 0.0236 e. The number of nitrogens with one attached hydrogen (secondary N) is 1. The lowest BCUT2D eigenvalue weighted by atomic mass is 10.1. The van der Waals surface area contributed by atoms with E-state index in [-0.39, 0.29) is 0 Å². The molecule has 0 aromatic carbocycles. The van der Waals surface area contributed by atoms with E-state index in [0.29, 0.717) is 0 Å². The minimum atomic E-state index is 0.789. The molecule has 3 atom stereocenters. The zero-order valence-corrected chi connectivity index (χ0v) is 8.21. The van der Waals surface area contributed by atoms with E-state index in [1.54, 1.807) is 0 Å². The molecule has 2 aliphatic rings. The Balaban J connectivity index is 1.90. The van der Waals surface area contributed by atoms with Crippen LogP contribution in [0.2, 0.25) is 0 Å². The van der Waals surface area contributed by atoms with Crippen LogP contribution < -0.4 is 5.32 Å². The average Bonchev–Trinajstić information content (AvgIpc) is 2.60. The van der Waals surface area contributed by atoms with Crippen molar-refractivity contribution in [1.29, 1.82) is 0 Å². The lowest BCUT2D eigenvalue weighted by molar-refractivity contribution is 0.236. The molecule has 0 spiro atoms. The van der Waals surface area contributed by atoms with Gasteiger partial charge in [0.25, 0.3) is 0 Å². The summed E-state index contributed by atoms with van der Waals surface area (Å²) in [6.07, 6.45) is 2.69. The molecule has 2 heteroatoms. The molecule has 2 rings (SSSR count). The van der Waals surface area contributed by atoms with E-state index in [1.807, 2.05) is 0 Å². The van der Waals surface area contributed by atoms with Crippen LogP contribution in [0.1, 0.15) is 26.7 Å². The summed E-state index contributed by atoms with van der Waals surface area (Å²) < 4.78 is 0. The summed E-state index contributed by atoms with van der Waals surface area (Å²) in [7, 11) is 0. The van der Waals surface area contributed by atoms with Crippen molar-refractivity contribution in [3.63, 3.8) is 0 Å². The summed E-state index contributed by atoms with van der Waals surface area (Å²) in [5.41, 5.74) is 0. The van der Waals surface area contributed by atoms with Crippen molar-refractivity contribution in [1.82, 2.24) is 10.2 Å². The fourth-order valence-corrected chi connectivity index (χ4v) is 2.50. The molecule has 2 aliphatic heterocycles. The summed E-state index contributed by atoms with van der Waals surface area (Å²) in [6, 6.07) is 1.61. The van der Waals surface area contributed by atoms with Crippen molar-refractivity contribution in [3.05, 3.63) is 0 Å². The first-order chi connectivity index (χ1) is 5.81. The molecule has 0 aromatic heterocycles. The van der Waals surface area contributed by atoms with E-state index >= 15 is 0 Å². The third kappa shape index (κ3) is 1.38. The van der Waals surface area contributed by atoms with Crippen LogP contribution in [-0.4, -0.2) is 36.6 Å². The van der Waals surface area contributed by atoms with Gasteiger partial charge in [0.1, 0.15) is 0 Å². The van der Waals surface area contributed by atoms with Gasteiger partial charge in [-0.2, -0.15) is 0 Å². The van der Waals surface area contributed by atoms with Gasteiger partial charge >= 0.3 is 0 Å². The number of fused-ring (bicyclic) bond motifs is 1. The summed E-state index contributed by atoms with van der Waals surface area (Å²) >= 11 is 0. The fraction of sp³-hybridized carbons (Fsp3) is 1.00. The molecule has 0 aromatic rings. The predicted octanol–water partition coefficient (Wildman–Crippen LogP) is 1.08. The van der Waals surface area contributed by atoms with Gasteiger partial charge < -0.3 is 5.32 Å². The molecule has 1 N–H and O–H groups in total. The quantitative estimate of drug-likeness (QED) is 0.663. The van der Waals surface area contributed by atoms with Crippen molar-refractivity contribution in [2.75, 3.05) is 19.6 Å². The number of rotatable bonds is 2. The average molecular weight is 168 g/mol. The van der Waals surface area contributed by atoms with Gasteiger partial charge in [0.2, 0.25) is 0 Å². The predicted molar refractivity (Wildman–Crippen MR) is 51.2 cm³/mol. The van der Waals surface area contributed by atoms with Crippen molar-refractivity contribution < 1.29 is 0 Å². The Kier molecular flexibility index (Phi) is 2.37. The maximum Gasteiger partial charge on any atom is 0.0236 e. The number of hydrogen-bond donors (Lipinski definition) is 1. The Labute approximate surface area is 75.3 Å². The fourth-order valence-electron chi connectivity index (χ4n) is 2.50. The highest BCUT2D eigenvalue weighted by molar-refractivity contribution is 4.94. The van der Waals surface area contributed by atoms with Gasteiger partial charge in [-0.25, -0.2) is 0 Å². The zero-order chi connectivity index (χ0) is 8.55. The first-order valence-corrected chi connectivity index (χ1v) is 5.28. The van der Waals surface area contributed by atoms with Crippen molar-refractivity contribution in [2.45, 2.75) is 38.8 Å².